The first-order valence-electron chi connectivity index (χ1n) is 8.42. The van der Waals surface area contributed by atoms with Gasteiger partial charge in [0.15, 0.2) is 0 Å². The van der Waals surface area contributed by atoms with Crippen molar-refractivity contribution in [3.05, 3.63) is 47.9 Å². The first-order chi connectivity index (χ1) is 11.7. The summed E-state index contributed by atoms with van der Waals surface area (Å²) in [7, 11) is 0. The van der Waals surface area contributed by atoms with Gasteiger partial charge in [0.25, 0.3) is 0 Å². The van der Waals surface area contributed by atoms with Crippen LogP contribution in [0.2, 0.25) is 0 Å². The topological polar surface area (TPSA) is 62.0 Å². The number of aliphatic hydroxyl groups is 1. The number of β-amino-alcohol motifs (C(OH)–C–C–N with tert-alkyl or cyclic N) is 1. The minimum atomic E-state index is -0.477. The molecule has 1 aliphatic heterocycles. The zero-order chi connectivity index (χ0) is 16.8. The molecule has 0 aliphatic carbocycles. The largest absolute Gasteiger partial charge is 0.491 e. The summed E-state index contributed by atoms with van der Waals surface area (Å²) in [5.74, 6) is 1.65. The van der Waals surface area contributed by atoms with E-state index in [9.17, 15) is 5.11 Å². The van der Waals surface area contributed by atoms with E-state index < -0.39 is 6.10 Å². The van der Waals surface area contributed by atoms with Crippen molar-refractivity contribution in [3.63, 3.8) is 0 Å². The summed E-state index contributed by atoms with van der Waals surface area (Å²) in [6.45, 7) is 7.53. The molecule has 3 rings (SSSR count). The summed E-state index contributed by atoms with van der Waals surface area (Å²) in [5, 5.41) is 14.2. The molecule has 0 unspecified atom stereocenters. The zero-order valence-electron chi connectivity index (χ0n) is 14.1. The van der Waals surface area contributed by atoms with Crippen molar-refractivity contribution in [2.45, 2.75) is 19.6 Å². The van der Waals surface area contributed by atoms with Gasteiger partial charge < -0.3 is 14.4 Å². The Morgan fingerprint density at radius 2 is 1.88 bits per heavy atom. The number of benzene rings is 1. The second-order valence-electron chi connectivity index (χ2n) is 6.28. The Labute approximate surface area is 142 Å². The van der Waals surface area contributed by atoms with Crippen LogP contribution in [0.15, 0.2) is 40.9 Å². The lowest BCUT2D eigenvalue weighted by molar-refractivity contribution is 0.0442. The molecule has 0 amide bonds. The van der Waals surface area contributed by atoms with Crippen LogP contribution in [-0.2, 0) is 6.54 Å². The van der Waals surface area contributed by atoms with E-state index in [0.29, 0.717) is 13.2 Å². The maximum Gasteiger partial charge on any atom is 0.133 e. The zero-order valence-corrected chi connectivity index (χ0v) is 14.1. The Morgan fingerprint density at radius 3 is 2.54 bits per heavy atom. The molecule has 2 heterocycles. The van der Waals surface area contributed by atoms with Gasteiger partial charge in [0, 0.05) is 45.3 Å². The normalized spacial score (nSPS) is 17.8. The van der Waals surface area contributed by atoms with Crippen molar-refractivity contribution in [1.82, 2.24) is 15.0 Å². The third kappa shape index (κ3) is 5.06. The number of aryl methyl sites for hydroxylation is 1. The number of nitrogens with zero attached hydrogens (tertiary/aromatic N) is 3. The smallest absolute Gasteiger partial charge is 0.133 e. The van der Waals surface area contributed by atoms with Crippen LogP contribution >= 0.6 is 0 Å². The fourth-order valence-corrected chi connectivity index (χ4v) is 2.91. The van der Waals surface area contributed by atoms with E-state index in [2.05, 4.69) is 15.0 Å². The van der Waals surface area contributed by atoms with Gasteiger partial charge in [0.2, 0.25) is 0 Å². The molecule has 0 saturated carbocycles. The fourth-order valence-electron chi connectivity index (χ4n) is 2.91. The van der Waals surface area contributed by atoms with Crippen molar-refractivity contribution in [3.8, 4) is 5.75 Å². The SMILES string of the molecule is Cc1cc(CN2CCN(C[C@@H](O)COc3ccccc3)CC2)no1. The van der Waals surface area contributed by atoms with Crippen molar-refractivity contribution < 1.29 is 14.4 Å². The maximum atomic E-state index is 10.2. The predicted octanol–water partition coefficient (Wildman–Crippen LogP) is 1.54. The lowest BCUT2D eigenvalue weighted by atomic mass is 10.2. The van der Waals surface area contributed by atoms with Crippen molar-refractivity contribution >= 4 is 0 Å². The third-order valence-electron chi connectivity index (χ3n) is 4.18. The van der Waals surface area contributed by atoms with E-state index in [-0.39, 0.29) is 0 Å². The lowest BCUT2D eigenvalue weighted by Crippen LogP contribution is -2.48. The molecule has 1 aromatic carbocycles. The molecular formula is C18H25N3O3. The molecule has 0 spiro atoms. The van der Waals surface area contributed by atoms with Gasteiger partial charge in [0.05, 0.1) is 5.69 Å². The van der Waals surface area contributed by atoms with Gasteiger partial charge in [-0.05, 0) is 19.1 Å². The summed E-state index contributed by atoms with van der Waals surface area (Å²) >= 11 is 0. The first-order valence-corrected chi connectivity index (χ1v) is 8.42. The monoisotopic (exact) mass is 331 g/mol. The fraction of sp³-hybridized carbons (Fsp3) is 0.500. The predicted molar refractivity (Wildman–Crippen MR) is 90.9 cm³/mol. The Bertz CT molecular complexity index is 609. The standard InChI is InChI=1S/C18H25N3O3/c1-15-11-16(19-24-15)12-20-7-9-21(10-8-20)13-17(22)14-23-18-5-3-2-4-6-18/h2-6,11,17,22H,7-10,12-14H2,1H3/t17-/m1/s1. The van der Waals surface area contributed by atoms with Crippen molar-refractivity contribution in [2.75, 3.05) is 39.3 Å². The molecule has 1 aliphatic rings. The second kappa shape index (κ2) is 8.28. The van der Waals surface area contributed by atoms with E-state index in [1.54, 1.807) is 0 Å². The lowest BCUT2D eigenvalue weighted by Gasteiger charge is -2.35. The quantitative estimate of drug-likeness (QED) is 0.830. The highest BCUT2D eigenvalue weighted by molar-refractivity contribution is 5.20. The molecule has 2 aromatic rings. The van der Waals surface area contributed by atoms with E-state index in [1.807, 2.05) is 43.3 Å². The molecule has 130 valence electrons. The summed E-state index contributed by atoms with van der Waals surface area (Å²) in [5.41, 5.74) is 0.984. The van der Waals surface area contributed by atoms with Crippen LogP contribution < -0.4 is 4.74 Å². The Kier molecular flexibility index (Phi) is 5.85. The molecule has 0 radical (unpaired) electrons. The number of aromatic nitrogens is 1. The molecule has 6 nitrogen and oxygen atoms in total. The number of ether oxygens (including phenoxy) is 1. The Morgan fingerprint density at radius 1 is 1.17 bits per heavy atom. The van der Waals surface area contributed by atoms with E-state index in [1.165, 1.54) is 0 Å². The van der Waals surface area contributed by atoms with E-state index in [0.717, 1.165) is 49.9 Å². The van der Waals surface area contributed by atoms with Gasteiger partial charge in [0.1, 0.15) is 24.2 Å². The average molecular weight is 331 g/mol. The maximum absolute atomic E-state index is 10.2. The minimum Gasteiger partial charge on any atom is -0.491 e. The number of aliphatic hydroxyl groups excluding tert-OH is 1. The molecule has 1 saturated heterocycles. The minimum absolute atomic E-state index is 0.322. The molecule has 1 aromatic heterocycles. The van der Waals surface area contributed by atoms with Crippen LogP contribution in [0.3, 0.4) is 0 Å². The first kappa shape index (κ1) is 17.0. The average Bonchev–Trinajstić information content (AvgIpc) is 3.01. The highest BCUT2D eigenvalue weighted by Crippen LogP contribution is 2.11. The molecule has 1 fully saturated rings. The number of hydrogen-bond donors (Lipinski definition) is 1. The molecule has 1 N–H and O–H groups in total. The van der Waals surface area contributed by atoms with Gasteiger partial charge in [-0.3, -0.25) is 9.80 Å². The summed E-state index contributed by atoms with van der Waals surface area (Å²) in [6, 6.07) is 11.6. The van der Waals surface area contributed by atoms with Gasteiger partial charge in [-0.25, -0.2) is 0 Å². The van der Waals surface area contributed by atoms with E-state index >= 15 is 0 Å². The molecule has 24 heavy (non-hydrogen) atoms. The molecular weight excluding hydrogens is 306 g/mol. The highest BCUT2D eigenvalue weighted by atomic mass is 16.5. The van der Waals surface area contributed by atoms with Gasteiger partial charge >= 0.3 is 0 Å². The van der Waals surface area contributed by atoms with Gasteiger partial charge in [-0.2, -0.15) is 0 Å². The Balaban J connectivity index is 1.35. The number of piperazine rings is 1. The van der Waals surface area contributed by atoms with Crippen molar-refractivity contribution in [2.24, 2.45) is 0 Å². The van der Waals surface area contributed by atoms with Crippen LogP contribution in [0.25, 0.3) is 0 Å². The number of para-hydroxylation sites is 1. The molecule has 1 atom stereocenters. The van der Waals surface area contributed by atoms with Gasteiger partial charge in [-0.1, -0.05) is 23.4 Å². The molecule has 0 bridgehead atoms. The number of rotatable bonds is 7. The summed E-state index contributed by atoms with van der Waals surface area (Å²) in [4.78, 5) is 4.64. The third-order valence-corrected chi connectivity index (χ3v) is 4.18. The highest BCUT2D eigenvalue weighted by Gasteiger charge is 2.20. The van der Waals surface area contributed by atoms with E-state index in [4.69, 9.17) is 9.26 Å². The van der Waals surface area contributed by atoms with Crippen LogP contribution in [0.1, 0.15) is 11.5 Å². The summed E-state index contributed by atoms with van der Waals surface area (Å²) < 4.78 is 10.7. The van der Waals surface area contributed by atoms with Crippen LogP contribution in [-0.4, -0.2) is 65.5 Å². The van der Waals surface area contributed by atoms with Crippen LogP contribution in [0, 0.1) is 6.92 Å². The van der Waals surface area contributed by atoms with Crippen LogP contribution in [0.4, 0.5) is 0 Å². The van der Waals surface area contributed by atoms with Gasteiger partial charge in [-0.15, -0.1) is 0 Å². The molecule has 6 heteroatoms. The Hall–Kier alpha value is -1.89. The summed E-state index contributed by atoms with van der Waals surface area (Å²) in [6.07, 6.45) is -0.477. The number of hydrogen-bond acceptors (Lipinski definition) is 6. The van der Waals surface area contributed by atoms with Crippen LogP contribution in [0.5, 0.6) is 5.75 Å². The van der Waals surface area contributed by atoms with Crippen molar-refractivity contribution in [1.29, 1.82) is 0 Å². The second-order valence-corrected chi connectivity index (χ2v) is 6.28.